The van der Waals surface area contributed by atoms with Gasteiger partial charge in [0.15, 0.2) is 0 Å². The van der Waals surface area contributed by atoms with E-state index >= 15 is 0 Å². The van der Waals surface area contributed by atoms with Crippen LogP contribution in [-0.4, -0.2) is 48.1 Å². The van der Waals surface area contributed by atoms with Gasteiger partial charge >= 0.3 is 7.82 Å². The molecule has 0 heterocycles. The number of likely N-dealkylation sites (N-methyl/N-ethyl adjacent to an activating group) is 1. The summed E-state index contributed by atoms with van der Waals surface area (Å²) >= 11 is 0. The Morgan fingerprint density at radius 1 is 1.15 bits per heavy atom. The minimum absolute atomic E-state index is 0.244. The lowest BCUT2D eigenvalue weighted by molar-refractivity contribution is -0.873. The molecule has 120 valence electrons. The minimum atomic E-state index is -4.44. The van der Waals surface area contributed by atoms with Gasteiger partial charge in [-0.2, -0.15) is 0 Å². The van der Waals surface area contributed by atoms with Crippen molar-refractivity contribution in [1.82, 2.24) is 0 Å². The number of nitrogens with zero attached hydrogens (tertiary/aromatic N) is 1. The second-order valence-electron chi connectivity index (χ2n) is 7.46. The predicted molar refractivity (Wildman–Crippen MR) is 80.1 cm³/mol. The molecule has 1 aliphatic rings. The van der Waals surface area contributed by atoms with Crippen LogP contribution in [0, 0.1) is 17.8 Å². The monoisotopic (exact) mass is 308 g/mol. The Labute approximate surface area is 123 Å². The minimum Gasteiger partial charge on any atom is -0.329 e. The Bertz CT molecular complexity index is 348. The molecule has 1 fully saturated rings. The van der Waals surface area contributed by atoms with E-state index in [0.29, 0.717) is 22.9 Å². The Morgan fingerprint density at radius 2 is 1.65 bits per heavy atom. The van der Waals surface area contributed by atoms with Crippen LogP contribution < -0.4 is 0 Å². The molecule has 1 saturated carbocycles. The van der Waals surface area contributed by atoms with Gasteiger partial charge in [0.2, 0.25) is 0 Å². The summed E-state index contributed by atoms with van der Waals surface area (Å²) in [7, 11) is 1.65. The van der Waals surface area contributed by atoms with Crippen LogP contribution in [0.1, 0.15) is 39.5 Å². The Hall–Kier alpha value is 0.0700. The van der Waals surface area contributed by atoms with Crippen molar-refractivity contribution in [3.8, 4) is 0 Å². The van der Waals surface area contributed by atoms with Gasteiger partial charge in [-0.3, -0.25) is 4.52 Å². The highest BCUT2D eigenvalue weighted by Gasteiger charge is 2.39. The molecule has 1 rings (SSSR count). The summed E-state index contributed by atoms with van der Waals surface area (Å²) in [4.78, 5) is 18.4. The van der Waals surface area contributed by atoms with E-state index in [1.54, 1.807) is 0 Å². The lowest BCUT2D eigenvalue weighted by Gasteiger charge is -2.41. The summed E-state index contributed by atoms with van der Waals surface area (Å²) in [5.41, 5.74) is 0. The fraction of sp³-hybridized carbons (Fsp3) is 1.00. The third-order valence-electron chi connectivity index (χ3n) is 4.21. The van der Waals surface area contributed by atoms with Gasteiger partial charge in [-0.25, -0.2) is 4.57 Å². The maximum Gasteiger partial charge on any atom is 0.470 e. The zero-order chi connectivity index (χ0) is 15.6. The topological polar surface area (TPSA) is 66.8 Å². The average Bonchev–Trinajstić information content (AvgIpc) is 2.24. The van der Waals surface area contributed by atoms with Gasteiger partial charge in [-0.15, -0.1) is 0 Å². The molecule has 0 spiro atoms. The number of rotatable bonds is 6. The van der Waals surface area contributed by atoms with Crippen LogP contribution in [-0.2, 0) is 9.09 Å². The van der Waals surface area contributed by atoms with Crippen LogP contribution in [0.15, 0.2) is 0 Å². The highest BCUT2D eigenvalue weighted by molar-refractivity contribution is 7.46. The first kappa shape index (κ1) is 18.1. The average molecular weight is 308 g/mol. The molecule has 3 unspecified atom stereocenters. The van der Waals surface area contributed by atoms with Crippen LogP contribution in [0.4, 0.5) is 0 Å². The second kappa shape index (κ2) is 6.89. The molecule has 0 radical (unpaired) electrons. The fourth-order valence-corrected chi connectivity index (χ4v) is 4.02. The molecule has 0 amide bonds. The number of quaternary nitrogens is 1. The van der Waals surface area contributed by atoms with Crippen molar-refractivity contribution >= 4 is 7.82 Å². The molecular formula is C14H31NO4P+. The standard InChI is InChI=1S/C14H30NO4P/c1-11(2)12-8-6-7-9-13(12)14(10-15(3,4)5)19-20(16,17)18/h11-14H,6-10H2,1-5H3,(H-,16,17,18)/p+1. The molecule has 2 N–H and O–H groups in total. The highest BCUT2D eigenvalue weighted by Crippen LogP contribution is 2.45. The molecule has 0 aromatic heterocycles. The predicted octanol–water partition coefficient (Wildman–Crippen LogP) is 2.63. The Kier molecular flexibility index (Phi) is 6.24. The van der Waals surface area contributed by atoms with Crippen molar-refractivity contribution in [1.29, 1.82) is 0 Å². The van der Waals surface area contributed by atoms with Gasteiger partial charge in [0.1, 0.15) is 12.6 Å². The summed E-state index contributed by atoms with van der Waals surface area (Å²) in [5, 5.41) is 0. The first-order valence-corrected chi connectivity index (χ1v) is 9.07. The summed E-state index contributed by atoms with van der Waals surface area (Å²) < 4.78 is 17.1. The largest absolute Gasteiger partial charge is 0.470 e. The van der Waals surface area contributed by atoms with Crippen molar-refractivity contribution in [2.75, 3.05) is 27.7 Å². The van der Waals surface area contributed by atoms with E-state index in [4.69, 9.17) is 4.52 Å². The van der Waals surface area contributed by atoms with Crippen LogP contribution in [0.25, 0.3) is 0 Å². The maximum atomic E-state index is 11.3. The summed E-state index contributed by atoms with van der Waals surface area (Å²) in [6.45, 7) is 5.02. The van der Waals surface area contributed by atoms with Crippen LogP contribution >= 0.6 is 7.82 Å². The molecule has 0 aliphatic heterocycles. The fourth-order valence-electron chi connectivity index (χ4n) is 3.44. The highest BCUT2D eigenvalue weighted by atomic mass is 31.2. The van der Waals surface area contributed by atoms with Gasteiger partial charge in [-0.05, 0) is 30.6 Å². The van der Waals surface area contributed by atoms with E-state index in [1.165, 1.54) is 6.42 Å². The van der Waals surface area contributed by atoms with Crippen molar-refractivity contribution in [3.05, 3.63) is 0 Å². The van der Waals surface area contributed by atoms with E-state index in [0.717, 1.165) is 19.3 Å². The number of phosphoric ester groups is 1. The Balaban J connectivity index is 2.91. The molecule has 5 nitrogen and oxygen atoms in total. The summed E-state index contributed by atoms with van der Waals surface area (Å²) in [5.74, 6) is 1.26. The van der Waals surface area contributed by atoms with Gasteiger partial charge in [0, 0.05) is 0 Å². The van der Waals surface area contributed by atoms with E-state index in [2.05, 4.69) is 13.8 Å². The van der Waals surface area contributed by atoms with Gasteiger partial charge < -0.3 is 14.3 Å². The van der Waals surface area contributed by atoms with E-state index in [-0.39, 0.29) is 12.0 Å². The van der Waals surface area contributed by atoms with Crippen molar-refractivity contribution in [2.24, 2.45) is 17.8 Å². The first-order chi connectivity index (χ1) is 8.99. The quantitative estimate of drug-likeness (QED) is 0.585. The number of phosphoric acid groups is 1. The Morgan fingerprint density at radius 3 is 2.05 bits per heavy atom. The van der Waals surface area contributed by atoms with Crippen LogP contribution in [0.2, 0.25) is 0 Å². The third-order valence-corrected chi connectivity index (χ3v) is 4.75. The molecule has 0 saturated heterocycles. The second-order valence-corrected chi connectivity index (χ2v) is 8.66. The van der Waals surface area contributed by atoms with E-state index < -0.39 is 7.82 Å². The van der Waals surface area contributed by atoms with Crippen LogP contribution in [0.5, 0.6) is 0 Å². The van der Waals surface area contributed by atoms with Gasteiger partial charge in [-0.1, -0.05) is 26.7 Å². The molecule has 0 aromatic carbocycles. The maximum absolute atomic E-state index is 11.3. The number of hydrogen-bond donors (Lipinski definition) is 2. The molecule has 20 heavy (non-hydrogen) atoms. The van der Waals surface area contributed by atoms with Crippen molar-refractivity contribution in [2.45, 2.75) is 45.6 Å². The number of hydrogen-bond acceptors (Lipinski definition) is 2. The smallest absolute Gasteiger partial charge is 0.329 e. The molecular weight excluding hydrogens is 277 g/mol. The lowest BCUT2D eigenvalue weighted by atomic mass is 9.71. The lowest BCUT2D eigenvalue weighted by Crippen LogP contribution is -2.47. The first-order valence-electron chi connectivity index (χ1n) is 7.54. The zero-order valence-electron chi connectivity index (χ0n) is 13.5. The molecule has 6 heteroatoms. The van der Waals surface area contributed by atoms with Gasteiger partial charge in [0.05, 0.1) is 21.1 Å². The van der Waals surface area contributed by atoms with E-state index in [1.807, 2.05) is 21.1 Å². The molecule has 3 atom stereocenters. The summed E-state index contributed by atoms with van der Waals surface area (Å²) in [6, 6.07) is 0. The molecule has 0 bridgehead atoms. The van der Waals surface area contributed by atoms with E-state index in [9.17, 15) is 14.4 Å². The van der Waals surface area contributed by atoms with Crippen molar-refractivity contribution < 1.29 is 23.4 Å². The third kappa shape index (κ3) is 6.23. The molecule has 0 aromatic rings. The normalized spacial score (nSPS) is 26.8. The molecule has 1 aliphatic carbocycles. The van der Waals surface area contributed by atoms with Crippen LogP contribution in [0.3, 0.4) is 0 Å². The SMILES string of the molecule is CC(C)C1CCCCC1C(C[N+](C)(C)C)OP(=O)(O)O. The zero-order valence-corrected chi connectivity index (χ0v) is 14.3. The summed E-state index contributed by atoms with van der Waals surface area (Å²) in [6.07, 6.45) is 4.12. The van der Waals surface area contributed by atoms with Gasteiger partial charge in [0.25, 0.3) is 0 Å². The van der Waals surface area contributed by atoms with Crippen molar-refractivity contribution in [3.63, 3.8) is 0 Å².